The van der Waals surface area contributed by atoms with Crippen molar-refractivity contribution in [2.45, 2.75) is 69.8 Å². The van der Waals surface area contributed by atoms with Crippen LogP contribution in [0.5, 0.6) is 0 Å². The summed E-state index contributed by atoms with van der Waals surface area (Å²) in [5.74, 6) is 0.426. The Kier molecular flexibility index (Phi) is 7.70. The summed E-state index contributed by atoms with van der Waals surface area (Å²) in [4.78, 5) is 12.8. The van der Waals surface area contributed by atoms with Crippen molar-refractivity contribution < 1.29 is 9.53 Å². The largest absolute Gasteiger partial charge is 0.376 e. The van der Waals surface area contributed by atoms with E-state index in [-0.39, 0.29) is 41.7 Å². The van der Waals surface area contributed by atoms with Crippen LogP contribution < -0.4 is 33.0 Å². The summed E-state index contributed by atoms with van der Waals surface area (Å²) < 4.78 is 6.32. The minimum absolute atomic E-state index is 0.0807. The molecule has 2 aliphatic rings. The monoisotopic (exact) mass is 516 g/mol. The molecule has 8 nitrogen and oxygen atoms in total. The lowest BCUT2D eigenvalue weighted by molar-refractivity contribution is -0.0152. The summed E-state index contributed by atoms with van der Waals surface area (Å²) in [6.07, 6.45) is 2.61. The van der Waals surface area contributed by atoms with Crippen LogP contribution in [0, 0.1) is 12.8 Å². The van der Waals surface area contributed by atoms with E-state index in [2.05, 4.69) is 39.7 Å². The van der Waals surface area contributed by atoms with Crippen LogP contribution in [0.25, 0.3) is 10.8 Å². The molecule has 8 heteroatoms. The summed E-state index contributed by atoms with van der Waals surface area (Å²) in [5, 5.41) is 8.13. The molecule has 2 amide bonds. The molecular formula is C30H40N6O2. The molecule has 2 fully saturated rings. The van der Waals surface area contributed by atoms with E-state index < -0.39 is 0 Å². The Balaban J connectivity index is 1.36. The molecule has 0 radical (unpaired) electrons. The van der Waals surface area contributed by atoms with Crippen molar-refractivity contribution in [3.8, 4) is 0 Å². The topological polar surface area (TPSA) is 126 Å². The van der Waals surface area contributed by atoms with Crippen LogP contribution in [-0.2, 0) is 4.74 Å². The van der Waals surface area contributed by atoms with Gasteiger partial charge in [-0.3, -0.25) is 5.43 Å². The zero-order valence-electron chi connectivity index (χ0n) is 22.5. The first-order chi connectivity index (χ1) is 18.2. The SMILES string of the molecule is Cc1cccc(NC(=O)Nc2ccc(C3CCC(OCCC(C)(C)N)C4NNC(N)C34)c3ccccc23)c1. The van der Waals surface area contributed by atoms with E-state index in [1.54, 1.807) is 0 Å². The maximum atomic E-state index is 12.8. The highest BCUT2D eigenvalue weighted by Gasteiger charge is 2.47. The van der Waals surface area contributed by atoms with E-state index in [0.29, 0.717) is 6.61 Å². The number of hydrogen-bond acceptors (Lipinski definition) is 6. The maximum Gasteiger partial charge on any atom is 0.323 e. The van der Waals surface area contributed by atoms with Crippen LogP contribution in [-0.4, -0.2) is 36.5 Å². The Morgan fingerprint density at radius 3 is 2.58 bits per heavy atom. The number of carbonyl (C=O) groups is 1. The van der Waals surface area contributed by atoms with Crippen LogP contribution in [0.15, 0.2) is 60.7 Å². The second-order valence-electron chi connectivity index (χ2n) is 11.4. The van der Waals surface area contributed by atoms with Gasteiger partial charge in [0.15, 0.2) is 0 Å². The summed E-state index contributed by atoms with van der Waals surface area (Å²) >= 11 is 0. The predicted molar refractivity (Wildman–Crippen MR) is 154 cm³/mol. The van der Waals surface area contributed by atoms with E-state index in [4.69, 9.17) is 16.2 Å². The average molecular weight is 517 g/mol. The molecule has 1 aliphatic heterocycles. The van der Waals surface area contributed by atoms with Gasteiger partial charge < -0.3 is 26.8 Å². The fourth-order valence-electron chi connectivity index (χ4n) is 5.95. The van der Waals surface area contributed by atoms with E-state index in [9.17, 15) is 4.79 Å². The van der Waals surface area contributed by atoms with Gasteiger partial charge in [0.05, 0.1) is 24.0 Å². The molecule has 0 aromatic heterocycles. The summed E-state index contributed by atoms with van der Waals surface area (Å²) in [6.45, 7) is 6.68. The number of aryl methyl sites for hydroxylation is 1. The second-order valence-corrected chi connectivity index (χ2v) is 11.4. The molecular weight excluding hydrogens is 476 g/mol. The normalized spacial score (nSPS) is 25.2. The first kappa shape index (κ1) is 26.6. The highest BCUT2D eigenvalue weighted by atomic mass is 16.5. The molecule has 202 valence electrons. The number of hydrogen-bond donors (Lipinski definition) is 6. The van der Waals surface area contributed by atoms with Crippen molar-refractivity contribution in [2.75, 3.05) is 17.2 Å². The lowest BCUT2D eigenvalue weighted by atomic mass is 9.70. The Morgan fingerprint density at radius 2 is 1.82 bits per heavy atom. The number of benzene rings is 3. The number of hydrazine groups is 1. The van der Waals surface area contributed by atoms with E-state index in [1.807, 2.05) is 63.2 Å². The predicted octanol–water partition coefficient (Wildman–Crippen LogP) is 4.56. The number of rotatable bonds is 7. The molecule has 1 aliphatic carbocycles. The van der Waals surface area contributed by atoms with Crippen LogP contribution in [0.2, 0.25) is 0 Å². The summed E-state index contributed by atoms with van der Waals surface area (Å²) in [5.41, 5.74) is 23.1. The average Bonchev–Trinajstić information content (AvgIpc) is 3.26. The fraction of sp³-hybridized carbons (Fsp3) is 0.433. The number of anilines is 2. The van der Waals surface area contributed by atoms with Gasteiger partial charge in [-0.2, -0.15) is 0 Å². The molecule has 3 aromatic rings. The van der Waals surface area contributed by atoms with Crippen molar-refractivity contribution in [2.24, 2.45) is 17.4 Å². The third-order valence-corrected chi connectivity index (χ3v) is 7.83. The summed E-state index contributed by atoms with van der Waals surface area (Å²) in [7, 11) is 0. The maximum absolute atomic E-state index is 12.8. The van der Waals surface area contributed by atoms with Gasteiger partial charge in [0.25, 0.3) is 0 Å². The van der Waals surface area contributed by atoms with Gasteiger partial charge in [-0.15, -0.1) is 0 Å². The van der Waals surface area contributed by atoms with Gasteiger partial charge in [0.2, 0.25) is 0 Å². The van der Waals surface area contributed by atoms with Crippen LogP contribution in [0.4, 0.5) is 16.2 Å². The van der Waals surface area contributed by atoms with Gasteiger partial charge in [-0.1, -0.05) is 42.5 Å². The molecule has 1 heterocycles. The number of carbonyl (C=O) groups excluding carboxylic acids is 1. The van der Waals surface area contributed by atoms with Crippen LogP contribution in [0.1, 0.15) is 50.2 Å². The third-order valence-electron chi connectivity index (χ3n) is 7.83. The molecule has 38 heavy (non-hydrogen) atoms. The zero-order chi connectivity index (χ0) is 26.9. The zero-order valence-corrected chi connectivity index (χ0v) is 22.5. The van der Waals surface area contributed by atoms with Crippen molar-refractivity contribution in [3.05, 3.63) is 71.8 Å². The van der Waals surface area contributed by atoms with Gasteiger partial charge in [0.1, 0.15) is 0 Å². The van der Waals surface area contributed by atoms with Crippen molar-refractivity contribution >= 4 is 28.2 Å². The number of nitrogens with one attached hydrogen (secondary N) is 4. The van der Waals surface area contributed by atoms with Crippen LogP contribution in [0.3, 0.4) is 0 Å². The van der Waals surface area contributed by atoms with Crippen molar-refractivity contribution in [1.29, 1.82) is 0 Å². The number of fused-ring (bicyclic) bond motifs is 2. The molecule has 5 rings (SSSR count). The Hall–Kier alpha value is -3.01. The van der Waals surface area contributed by atoms with Gasteiger partial charge >= 0.3 is 6.03 Å². The molecule has 5 unspecified atom stereocenters. The van der Waals surface area contributed by atoms with Gasteiger partial charge in [-0.05, 0) is 80.7 Å². The lowest BCUT2D eigenvalue weighted by Gasteiger charge is -2.40. The third kappa shape index (κ3) is 5.85. The molecule has 5 atom stereocenters. The highest BCUT2D eigenvalue weighted by Crippen LogP contribution is 2.44. The second kappa shape index (κ2) is 11.0. The number of nitrogens with two attached hydrogens (primary N) is 2. The molecule has 1 saturated heterocycles. The standard InChI is InChI=1S/C30H40N6O2/c1-18-7-6-8-19(17-18)33-29(37)34-24-13-11-21(20-9-4-5-10-22(20)24)23-12-14-25(38-16-15-30(2,3)32)27-26(23)28(31)36-35-27/h4-11,13,17,23,25-28,35-36H,12,14-16,31-32H2,1-3H3,(H2,33,34,37). The number of ether oxygens (including phenoxy) is 1. The Labute approximate surface area is 224 Å². The molecule has 8 N–H and O–H groups in total. The number of amides is 2. The molecule has 3 aromatic carbocycles. The lowest BCUT2D eigenvalue weighted by Crippen LogP contribution is -2.49. The molecule has 1 saturated carbocycles. The molecule has 0 spiro atoms. The first-order valence-corrected chi connectivity index (χ1v) is 13.5. The van der Waals surface area contributed by atoms with E-state index >= 15 is 0 Å². The summed E-state index contributed by atoms with van der Waals surface area (Å²) in [6, 6.07) is 20.0. The van der Waals surface area contributed by atoms with Crippen LogP contribution >= 0.6 is 0 Å². The smallest absolute Gasteiger partial charge is 0.323 e. The minimum Gasteiger partial charge on any atom is -0.376 e. The quantitative estimate of drug-likeness (QED) is 0.273. The first-order valence-electron chi connectivity index (χ1n) is 13.5. The van der Waals surface area contributed by atoms with Crippen molar-refractivity contribution in [1.82, 2.24) is 10.9 Å². The Bertz CT molecular complexity index is 1290. The van der Waals surface area contributed by atoms with Gasteiger partial charge in [-0.25, -0.2) is 10.2 Å². The van der Waals surface area contributed by atoms with Crippen molar-refractivity contribution in [3.63, 3.8) is 0 Å². The molecule has 0 bridgehead atoms. The fourth-order valence-corrected chi connectivity index (χ4v) is 5.95. The minimum atomic E-state index is -0.266. The number of urea groups is 1. The van der Waals surface area contributed by atoms with E-state index in [0.717, 1.165) is 47.0 Å². The van der Waals surface area contributed by atoms with Gasteiger partial charge in [0, 0.05) is 29.1 Å². The van der Waals surface area contributed by atoms with E-state index in [1.165, 1.54) is 5.56 Å². The highest BCUT2D eigenvalue weighted by molar-refractivity contribution is 6.07. The Morgan fingerprint density at radius 1 is 1.03 bits per heavy atom.